The third kappa shape index (κ3) is 4.37. The summed E-state index contributed by atoms with van der Waals surface area (Å²) in [6, 6.07) is 6.19. The van der Waals surface area contributed by atoms with E-state index < -0.39 is 5.60 Å². The minimum Gasteiger partial charge on any atom is -0.494 e. The van der Waals surface area contributed by atoms with Gasteiger partial charge in [0.25, 0.3) is 0 Å². The lowest BCUT2D eigenvalue weighted by molar-refractivity contribution is 0.0528. The zero-order valence-corrected chi connectivity index (χ0v) is 14.4. The van der Waals surface area contributed by atoms with Crippen LogP contribution in [-0.4, -0.2) is 24.8 Å². The molecule has 0 aliphatic carbocycles. The monoisotopic (exact) mass is 321 g/mol. The van der Waals surface area contributed by atoms with E-state index in [2.05, 4.69) is 22.8 Å². The summed E-state index contributed by atoms with van der Waals surface area (Å²) in [5, 5.41) is 6.07. The minimum absolute atomic E-state index is 0.386. The Hall–Kier alpha value is -1.75. The Morgan fingerprint density at radius 3 is 2.73 bits per heavy atom. The minimum atomic E-state index is -0.478. The van der Waals surface area contributed by atoms with Crippen LogP contribution in [0.25, 0.3) is 10.1 Å². The second-order valence-corrected chi connectivity index (χ2v) is 6.93. The number of fused-ring (bicyclic) bond motifs is 1. The third-order valence-corrected chi connectivity index (χ3v) is 3.93. The molecule has 0 spiro atoms. The van der Waals surface area contributed by atoms with Crippen molar-refractivity contribution in [1.82, 2.24) is 5.32 Å². The summed E-state index contributed by atoms with van der Waals surface area (Å²) in [7, 11) is 0. The Balaban J connectivity index is 2.05. The Bertz CT molecular complexity index is 643. The zero-order chi connectivity index (χ0) is 16.2. The number of benzene rings is 1. The van der Waals surface area contributed by atoms with Gasteiger partial charge in [0.05, 0.1) is 6.61 Å². The van der Waals surface area contributed by atoms with E-state index in [-0.39, 0.29) is 6.09 Å². The van der Waals surface area contributed by atoms with Crippen molar-refractivity contribution < 1.29 is 14.3 Å². The van der Waals surface area contributed by atoms with Crippen LogP contribution in [0.5, 0.6) is 5.75 Å². The largest absolute Gasteiger partial charge is 0.494 e. The number of carbonyl (C=O) groups is 1. The molecule has 4 nitrogen and oxygen atoms in total. The lowest BCUT2D eigenvalue weighted by Gasteiger charge is -2.20. The van der Waals surface area contributed by atoms with Crippen LogP contribution in [0, 0.1) is 0 Å². The summed E-state index contributed by atoms with van der Waals surface area (Å²) in [5.74, 6) is 0.888. The molecule has 0 saturated carbocycles. The highest BCUT2D eigenvalue weighted by atomic mass is 32.1. The Morgan fingerprint density at radius 2 is 2.05 bits per heavy atom. The number of rotatable bonds is 5. The van der Waals surface area contributed by atoms with E-state index in [0.29, 0.717) is 19.6 Å². The molecule has 5 heteroatoms. The van der Waals surface area contributed by atoms with E-state index >= 15 is 0 Å². The first-order valence-corrected chi connectivity index (χ1v) is 8.37. The van der Waals surface area contributed by atoms with Gasteiger partial charge in [0.1, 0.15) is 11.4 Å². The summed E-state index contributed by atoms with van der Waals surface area (Å²) in [5.41, 5.74) is 0.658. The van der Waals surface area contributed by atoms with Crippen LogP contribution in [-0.2, 0) is 11.2 Å². The first kappa shape index (κ1) is 16.6. The average molecular weight is 321 g/mol. The number of ether oxygens (including phenoxy) is 2. The number of nitrogens with one attached hydrogen (secondary N) is 1. The van der Waals surface area contributed by atoms with Crippen LogP contribution in [0.4, 0.5) is 4.79 Å². The van der Waals surface area contributed by atoms with E-state index in [1.165, 1.54) is 10.1 Å². The van der Waals surface area contributed by atoms with Gasteiger partial charge in [-0.1, -0.05) is 0 Å². The highest BCUT2D eigenvalue weighted by Gasteiger charge is 2.16. The molecular weight excluding hydrogens is 298 g/mol. The predicted octanol–water partition coefficient (Wildman–Crippen LogP) is 4.37. The molecule has 0 bridgehead atoms. The van der Waals surface area contributed by atoms with E-state index in [4.69, 9.17) is 9.47 Å². The summed E-state index contributed by atoms with van der Waals surface area (Å²) < 4.78 is 12.2. The van der Waals surface area contributed by atoms with Gasteiger partial charge >= 0.3 is 6.09 Å². The van der Waals surface area contributed by atoms with Crippen LogP contribution >= 0.6 is 11.3 Å². The molecule has 0 saturated heterocycles. The van der Waals surface area contributed by atoms with Gasteiger partial charge in [0, 0.05) is 16.8 Å². The van der Waals surface area contributed by atoms with Crippen molar-refractivity contribution in [2.75, 3.05) is 13.2 Å². The summed E-state index contributed by atoms with van der Waals surface area (Å²) in [6.45, 7) is 8.68. The smallest absolute Gasteiger partial charge is 0.407 e. The van der Waals surface area contributed by atoms with Gasteiger partial charge < -0.3 is 14.8 Å². The summed E-state index contributed by atoms with van der Waals surface area (Å²) >= 11 is 1.71. The summed E-state index contributed by atoms with van der Waals surface area (Å²) in [4.78, 5) is 11.7. The number of carbonyl (C=O) groups excluding carboxylic acids is 1. The van der Waals surface area contributed by atoms with Gasteiger partial charge in [-0.05, 0) is 63.1 Å². The highest BCUT2D eigenvalue weighted by Crippen LogP contribution is 2.31. The average Bonchev–Trinajstić information content (AvgIpc) is 2.87. The number of hydrogen-bond donors (Lipinski definition) is 1. The van der Waals surface area contributed by atoms with E-state index in [0.717, 1.165) is 11.3 Å². The molecule has 0 radical (unpaired) electrons. The first-order valence-electron chi connectivity index (χ1n) is 7.49. The topological polar surface area (TPSA) is 47.6 Å². The molecule has 1 aromatic carbocycles. The van der Waals surface area contributed by atoms with Crippen molar-refractivity contribution >= 4 is 27.5 Å². The fraction of sp³-hybridized carbons (Fsp3) is 0.471. The van der Waals surface area contributed by atoms with E-state index in [9.17, 15) is 4.79 Å². The molecule has 0 fully saturated rings. The highest BCUT2D eigenvalue weighted by molar-refractivity contribution is 7.17. The Kier molecular flexibility index (Phi) is 5.29. The molecule has 0 aliphatic heterocycles. The van der Waals surface area contributed by atoms with Crippen molar-refractivity contribution in [3.05, 3.63) is 29.1 Å². The van der Waals surface area contributed by atoms with Gasteiger partial charge in [-0.25, -0.2) is 4.79 Å². The standard InChI is InChI=1S/C17H23NO3S/c1-5-20-14-6-7-15-13(9-11-22-15)12(14)8-10-18-16(19)21-17(2,3)4/h6-7,9,11H,5,8,10H2,1-4H3,(H,18,19). The maximum Gasteiger partial charge on any atom is 0.407 e. The maximum absolute atomic E-state index is 11.7. The molecule has 120 valence electrons. The third-order valence-electron chi connectivity index (χ3n) is 3.05. The zero-order valence-electron chi connectivity index (χ0n) is 13.6. The molecular formula is C17H23NO3S. The lowest BCUT2D eigenvalue weighted by Crippen LogP contribution is -2.33. The van der Waals surface area contributed by atoms with Crippen LogP contribution in [0.3, 0.4) is 0 Å². The maximum atomic E-state index is 11.7. The molecule has 1 aromatic heterocycles. The van der Waals surface area contributed by atoms with Gasteiger partial charge in [-0.2, -0.15) is 0 Å². The van der Waals surface area contributed by atoms with Crippen molar-refractivity contribution in [3.8, 4) is 5.75 Å². The van der Waals surface area contributed by atoms with Crippen LogP contribution in [0.1, 0.15) is 33.3 Å². The van der Waals surface area contributed by atoms with Crippen molar-refractivity contribution in [3.63, 3.8) is 0 Å². The van der Waals surface area contributed by atoms with Crippen LogP contribution in [0.2, 0.25) is 0 Å². The molecule has 2 rings (SSSR count). The number of thiophene rings is 1. The summed E-state index contributed by atoms with van der Waals surface area (Å²) in [6.07, 6.45) is 0.325. The lowest BCUT2D eigenvalue weighted by atomic mass is 10.1. The van der Waals surface area contributed by atoms with Crippen molar-refractivity contribution in [2.24, 2.45) is 0 Å². The number of alkyl carbamates (subject to hydrolysis) is 1. The second-order valence-electron chi connectivity index (χ2n) is 5.99. The molecule has 22 heavy (non-hydrogen) atoms. The van der Waals surface area contributed by atoms with E-state index in [1.807, 2.05) is 33.8 Å². The quantitative estimate of drug-likeness (QED) is 0.889. The van der Waals surface area contributed by atoms with E-state index in [1.54, 1.807) is 11.3 Å². The van der Waals surface area contributed by atoms with Crippen molar-refractivity contribution in [2.45, 2.75) is 39.7 Å². The Morgan fingerprint density at radius 1 is 1.27 bits per heavy atom. The van der Waals surface area contributed by atoms with Gasteiger partial charge in [-0.3, -0.25) is 0 Å². The molecule has 2 aromatic rings. The molecule has 0 atom stereocenters. The molecule has 1 amide bonds. The number of hydrogen-bond acceptors (Lipinski definition) is 4. The fourth-order valence-electron chi connectivity index (χ4n) is 2.24. The SMILES string of the molecule is CCOc1ccc2sccc2c1CCNC(=O)OC(C)(C)C. The molecule has 1 N–H and O–H groups in total. The normalized spacial score (nSPS) is 11.5. The van der Waals surface area contributed by atoms with Crippen LogP contribution < -0.4 is 10.1 Å². The predicted molar refractivity (Wildman–Crippen MR) is 90.9 cm³/mol. The number of amides is 1. The molecule has 1 heterocycles. The second kappa shape index (κ2) is 7.01. The molecule has 0 aliphatic rings. The van der Waals surface area contributed by atoms with Crippen molar-refractivity contribution in [1.29, 1.82) is 0 Å². The van der Waals surface area contributed by atoms with Gasteiger partial charge in [-0.15, -0.1) is 11.3 Å². The first-order chi connectivity index (χ1) is 10.4. The Labute approximate surface area is 135 Å². The van der Waals surface area contributed by atoms with Gasteiger partial charge in [0.15, 0.2) is 0 Å². The molecule has 0 unspecified atom stereocenters. The fourth-order valence-corrected chi connectivity index (χ4v) is 3.05. The van der Waals surface area contributed by atoms with Crippen LogP contribution in [0.15, 0.2) is 23.6 Å². The van der Waals surface area contributed by atoms with Gasteiger partial charge in [0.2, 0.25) is 0 Å².